The lowest BCUT2D eigenvalue weighted by molar-refractivity contribution is -0.123. The van der Waals surface area contributed by atoms with Crippen molar-refractivity contribution in [1.82, 2.24) is 15.1 Å². The van der Waals surface area contributed by atoms with Gasteiger partial charge in [-0.2, -0.15) is 5.10 Å². The highest BCUT2D eigenvalue weighted by molar-refractivity contribution is 5.96. The summed E-state index contributed by atoms with van der Waals surface area (Å²) in [6.07, 6.45) is 3.43. The van der Waals surface area contributed by atoms with Crippen LogP contribution in [0.1, 0.15) is 0 Å². The second kappa shape index (κ2) is 6.48. The number of rotatable bonds is 5. The first-order chi connectivity index (χ1) is 9.70. The Morgan fingerprint density at radius 2 is 2.00 bits per heavy atom. The van der Waals surface area contributed by atoms with Crippen LogP contribution in [0.25, 0.3) is 5.69 Å². The Morgan fingerprint density at radius 3 is 2.70 bits per heavy atom. The summed E-state index contributed by atoms with van der Waals surface area (Å²) >= 11 is 0. The van der Waals surface area contributed by atoms with Gasteiger partial charge >= 0.3 is 0 Å². The SMILES string of the molecule is NCC(=O)NCC(=O)Nc1ccccc1-n1cccn1. The summed E-state index contributed by atoms with van der Waals surface area (Å²) in [6, 6.07) is 9.05. The highest BCUT2D eigenvalue weighted by Crippen LogP contribution is 2.18. The first-order valence-corrected chi connectivity index (χ1v) is 6.06. The fourth-order valence-corrected chi connectivity index (χ4v) is 1.64. The van der Waals surface area contributed by atoms with E-state index in [4.69, 9.17) is 5.73 Å². The van der Waals surface area contributed by atoms with Crippen LogP contribution in [0.3, 0.4) is 0 Å². The van der Waals surface area contributed by atoms with Crippen LogP contribution in [0, 0.1) is 0 Å². The minimum Gasteiger partial charge on any atom is -0.346 e. The molecule has 20 heavy (non-hydrogen) atoms. The fourth-order valence-electron chi connectivity index (χ4n) is 1.64. The number of para-hydroxylation sites is 2. The molecule has 1 heterocycles. The lowest BCUT2D eigenvalue weighted by atomic mass is 10.2. The van der Waals surface area contributed by atoms with Crippen molar-refractivity contribution in [3.63, 3.8) is 0 Å². The molecular formula is C13H15N5O2. The molecule has 0 aliphatic rings. The third-order valence-corrected chi connectivity index (χ3v) is 2.56. The second-order valence-electron chi connectivity index (χ2n) is 4.00. The van der Waals surface area contributed by atoms with Crippen molar-refractivity contribution >= 4 is 17.5 Å². The van der Waals surface area contributed by atoms with Crippen molar-refractivity contribution in [3.05, 3.63) is 42.7 Å². The summed E-state index contributed by atoms with van der Waals surface area (Å²) in [4.78, 5) is 22.8. The van der Waals surface area contributed by atoms with Crippen molar-refractivity contribution in [2.24, 2.45) is 5.73 Å². The quantitative estimate of drug-likeness (QED) is 0.707. The van der Waals surface area contributed by atoms with Crippen molar-refractivity contribution in [2.45, 2.75) is 0 Å². The molecule has 0 unspecified atom stereocenters. The van der Waals surface area contributed by atoms with Gasteiger partial charge in [0.05, 0.1) is 24.5 Å². The molecule has 0 aliphatic heterocycles. The summed E-state index contributed by atoms with van der Waals surface area (Å²) in [7, 11) is 0. The molecule has 7 nitrogen and oxygen atoms in total. The molecule has 2 rings (SSSR count). The van der Waals surface area contributed by atoms with Crippen LogP contribution in [-0.4, -0.2) is 34.7 Å². The van der Waals surface area contributed by atoms with Crippen LogP contribution in [0.5, 0.6) is 0 Å². The molecule has 0 saturated heterocycles. The number of carbonyl (C=O) groups is 2. The molecule has 104 valence electrons. The van der Waals surface area contributed by atoms with Gasteiger partial charge in [-0.05, 0) is 18.2 Å². The third kappa shape index (κ3) is 3.42. The van der Waals surface area contributed by atoms with Crippen molar-refractivity contribution in [2.75, 3.05) is 18.4 Å². The minimum absolute atomic E-state index is 0.122. The molecule has 2 amide bonds. The average Bonchev–Trinajstić information content (AvgIpc) is 2.99. The predicted molar refractivity (Wildman–Crippen MR) is 74.3 cm³/mol. The van der Waals surface area contributed by atoms with E-state index in [2.05, 4.69) is 15.7 Å². The molecule has 0 fully saturated rings. The molecule has 0 bridgehead atoms. The van der Waals surface area contributed by atoms with E-state index < -0.39 is 0 Å². The number of hydrogen-bond donors (Lipinski definition) is 3. The summed E-state index contributed by atoms with van der Waals surface area (Å²) in [6.45, 7) is -0.263. The van der Waals surface area contributed by atoms with Crippen LogP contribution < -0.4 is 16.4 Å². The summed E-state index contributed by atoms with van der Waals surface area (Å²) in [5.74, 6) is -0.702. The van der Waals surface area contributed by atoms with E-state index in [0.29, 0.717) is 5.69 Å². The summed E-state index contributed by atoms with van der Waals surface area (Å²) in [5, 5.41) is 9.25. The van der Waals surface area contributed by atoms with Crippen LogP contribution in [0.2, 0.25) is 0 Å². The van der Waals surface area contributed by atoms with Gasteiger partial charge in [-0.15, -0.1) is 0 Å². The van der Waals surface area contributed by atoms with Gasteiger partial charge in [0.2, 0.25) is 11.8 Å². The number of nitrogens with zero attached hydrogens (tertiary/aromatic N) is 2. The van der Waals surface area contributed by atoms with Crippen LogP contribution in [0.4, 0.5) is 5.69 Å². The van der Waals surface area contributed by atoms with E-state index in [1.165, 1.54) is 0 Å². The van der Waals surface area contributed by atoms with Crippen LogP contribution >= 0.6 is 0 Å². The molecule has 0 radical (unpaired) electrons. The number of benzene rings is 1. The maximum atomic E-state index is 11.8. The lowest BCUT2D eigenvalue weighted by Gasteiger charge is -2.11. The summed E-state index contributed by atoms with van der Waals surface area (Å²) < 4.78 is 1.65. The monoisotopic (exact) mass is 273 g/mol. The Morgan fingerprint density at radius 1 is 1.20 bits per heavy atom. The van der Waals surface area contributed by atoms with E-state index in [9.17, 15) is 9.59 Å². The Bertz CT molecular complexity index is 595. The second-order valence-corrected chi connectivity index (χ2v) is 4.00. The third-order valence-electron chi connectivity index (χ3n) is 2.56. The number of anilines is 1. The van der Waals surface area contributed by atoms with Gasteiger partial charge in [-0.25, -0.2) is 4.68 Å². The molecule has 0 saturated carbocycles. The van der Waals surface area contributed by atoms with Gasteiger partial charge in [0.15, 0.2) is 0 Å². The van der Waals surface area contributed by atoms with Gasteiger partial charge in [0.25, 0.3) is 0 Å². The Hall–Kier alpha value is -2.67. The first kappa shape index (κ1) is 13.8. The van der Waals surface area contributed by atoms with Crippen molar-refractivity contribution in [1.29, 1.82) is 0 Å². The number of nitrogens with one attached hydrogen (secondary N) is 2. The molecule has 2 aromatic rings. The Balaban J connectivity index is 2.06. The van der Waals surface area contributed by atoms with Gasteiger partial charge in [-0.1, -0.05) is 12.1 Å². The largest absolute Gasteiger partial charge is 0.346 e. The van der Waals surface area contributed by atoms with E-state index in [0.717, 1.165) is 5.69 Å². The molecule has 0 atom stereocenters. The first-order valence-electron chi connectivity index (χ1n) is 6.06. The zero-order valence-electron chi connectivity index (χ0n) is 10.7. The molecule has 4 N–H and O–H groups in total. The topological polar surface area (TPSA) is 102 Å². The summed E-state index contributed by atoms with van der Waals surface area (Å²) in [5.41, 5.74) is 6.50. The highest BCUT2D eigenvalue weighted by atomic mass is 16.2. The molecule has 0 spiro atoms. The molecule has 1 aromatic carbocycles. The van der Waals surface area contributed by atoms with E-state index in [-0.39, 0.29) is 24.9 Å². The maximum Gasteiger partial charge on any atom is 0.243 e. The van der Waals surface area contributed by atoms with E-state index in [1.54, 1.807) is 35.3 Å². The number of amides is 2. The van der Waals surface area contributed by atoms with Gasteiger partial charge < -0.3 is 16.4 Å². The zero-order chi connectivity index (χ0) is 14.4. The lowest BCUT2D eigenvalue weighted by Crippen LogP contribution is -2.36. The highest BCUT2D eigenvalue weighted by Gasteiger charge is 2.08. The normalized spacial score (nSPS) is 10.1. The van der Waals surface area contributed by atoms with Crippen LogP contribution in [-0.2, 0) is 9.59 Å². The van der Waals surface area contributed by atoms with E-state index in [1.807, 2.05) is 12.1 Å². The van der Waals surface area contributed by atoms with Gasteiger partial charge in [0, 0.05) is 12.4 Å². The van der Waals surface area contributed by atoms with Gasteiger partial charge in [-0.3, -0.25) is 9.59 Å². The van der Waals surface area contributed by atoms with Crippen LogP contribution in [0.15, 0.2) is 42.7 Å². The smallest absolute Gasteiger partial charge is 0.243 e. The van der Waals surface area contributed by atoms with Gasteiger partial charge in [0.1, 0.15) is 0 Å². The van der Waals surface area contributed by atoms with Crippen molar-refractivity contribution in [3.8, 4) is 5.69 Å². The Kier molecular flexibility index (Phi) is 4.46. The molecule has 0 aliphatic carbocycles. The average molecular weight is 273 g/mol. The maximum absolute atomic E-state index is 11.8. The number of hydrogen-bond acceptors (Lipinski definition) is 4. The molecular weight excluding hydrogens is 258 g/mol. The Labute approximate surface area is 115 Å². The number of aromatic nitrogens is 2. The fraction of sp³-hybridized carbons (Fsp3) is 0.154. The number of nitrogens with two attached hydrogens (primary N) is 1. The van der Waals surface area contributed by atoms with Crippen molar-refractivity contribution < 1.29 is 9.59 Å². The number of carbonyl (C=O) groups excluding carboxylic acids is 2. The molecule has 1 aromatic heterocycles. The predicted octanol–water partition coefficient (Wildman–Crippen LogP) is -0.114. The zero-order valence-corrected chi connectivity index (χ0v) is 10.7. The minimum atomic E-state index is -0.375. The standard InChI is InChI=1S/C13H15N5O2/c14-8-12(19)15-9-13(20)17-10-4-1-2-5-11(10)18-7-3-6-16-18/h1-7H,8-9,14H2,(H,15,19)(H,17,20). The van der Waals surface area contributed by atoms with E-state index >= 15 is 0 Å². The molecule has 7 heteroatoms.